The van der Waals surface area contributed by atoms with Gasteiger partial charge in [0.05, 0.1) is 5.56 Å². The van der Waals surface area contributed by atoms with Crippen LogP contribution in [-0.2, 0) is 6.18 Å². The molecule has 1 aliphatic heterocycles. The maximum atomic E-state index is 12.9. The molecule has 1 fully saturated rings. The Balaban J connectivity index is 2.14. The molecular weight excluding hydrogens is 253 g/mol. The molecule has 2 nitrogen and oxygen atoms in total. The van der Waals surface area contributed by atoms with E-state index in [4.69, 9.17) is 0 Å². The Hall–Kier alpha value is -1.33. The van der Waals surface area contributed by atoms with Gasteiger partial charge in [-0.3, -0.25) is 4.90 Å². The van der Waals surface area contributed by atoms with E-state index >= 15 is 0 Å². The standard InChI is InChI=1S/C14H17F3N2/c1-11(10-19-8-6-18-7-9-19)12-4-2-3-5-13(12)14(15,16)17/h2-5,18H,1,6-10H2. The number of rotatable bonds is 3. The van der Waals surface area contributed by atoms with Crippen LogP contribution < -0.4 is 5.32 Å². The molecule has 0 saturated carbocycles. The third kappa shape index (κ3) is 3.58. The SMILES string of the molecule is C=C(CN1CCNCC1)c1ccccc1C(F)(F)F. The second kappa shape index (κ2) is 5.75. The molecule has 0 aliphatic carbocycles. The van der Waals surface area contributed by atoms with Crippen LogP contribution in [0.1, 0.15) is 11.1 Å². The Morgan fingerprint density at radius 2 is 1.84 bits per heavy atom. The largest absolute Gasteiger partial charge is 0.416 e. The van der Waals surface area contributed by atoms with Gasteiger partial charge in [0.15, 0.2) is 0 Å². The average molecular weight is 270 g/mol. The molecule has 1 heterocycles. The number of nitrogens with one attached hydrogen (secondary N) is 1. The molecule has 0 unspecified atom stereocenters. The molecule has 0 spiro atoms. The van der Waals surface area contributed by atoms with Gasteiger partial charge < -0.3 is 5.32 Å². The minimum Gasteiger partial charge on any atom is -0.314 e. The van der Waals surface area contributed by atoms with E-state index in [1.54, 1.807) is 6.07 Å². The van der Waals surface area contributed by atoms with Crippen molar-refractivity contribution in [3.63, 3.8) is 0 Å². The maximum absolute atomic E-state index is 12.9. The summed E-state index contributed by atoms with van der Waals surface area (Å²) < 4.78 is 38.8. The van der Waals surface area contributed by atoms with Crippen molar-refractivity contribution in [3.05, 3.63) is 42.0 Å². The first-order chi connectivity index (χ1) is 8.98. The molecule has 104 valence electrons. The first kappa shape index (κ1) is 14.1. The van der Waals surface area contributed by atoms with Crippen LogP contribution in [0.15, 0.2) is 30.8 Å². The fourth-order valence-corrected chi connectivity index (χ4v) is 2.26. The van der Waals surface area contributed by atoms with Crippen LogP contribution in [0, 0.1) is 0 Å². The van der Waals surface area contributed by atoms with Crippen LogP contribution >= 0.6 is 0 Å². The Morgan fingerprint density at radius 3 is 2.47 bits per heavy atom. The lowest BCUT2D eigenvalue weighted by molar-refractivity contribution is -0.137. The molecule has 1 aliphatic rings. The van der Waals surface area contributed by atoms with Crippen molar-refractivity contribution in [2.24, 2.45) is 0 Å². The van der Waals surface area contributed by atoms with Crippen LogP contribution in [0.5, 0.6) is 0 Å². The average Bonchev–Trinajstić information content (AvgIpc) is 2.39. The Morgan fingerprint density at radius 1 is 1.21 bits per heavy atom. The van der Waals surface area contributed by atoms with Crippen molar-refractivity contribution in [1.29, 1.82) is 0 Å². The van der Waals surface area contributed by atoms with Crippen LogP contribution in [0.4, 0.5) is 13.2 Å². The van der Waals surface area contributed by atoms with Gasteiger partial charge in [-0.15, -0.1) is 0 Å². The van der Waals surface area contributed by atoms with Crippen molar-refractivity contribution in [2.75, 3.05) is 32.7 Å². The van der Waals surface area contributed by atoms with Gasteiger partial charge in [-0.2, -0.15) is 13.2 Å². The van der Waals surface area contributed by atoms with Gasteiger partial charge in [-0.1, -0.05) is 24.8 Å². The van der Waals surface area contributed by atoms with Gasteiger partial charge in [-0.25, -0.2) is 0 Å². The number of alkyl halides is 3. The molecule has 1 N–H and O–H groups in total. The highest BCUT2D eigenvalue weighted by atomic mass is 19.4. The minimum atomic E-state index is -4.33. The highest BCUT2D eigenvalue weighted by Gasteiger charge is 2.33. The van der Waals surface area contributed by atoms with E-state index in [9.17, 15) is 13.2 Å². The van der Waals surface area contributed by atoms with Gasteiger partial charge in [0, 0.05) is 32.7 Å². The second-order valence-electron chi connectivity index (χ2n) is 4.67. The van der Waals surface area contributed by atoms with E-state index in [2.05, 4.69) is 16.8 Å². The van der Waals surface area contributed by atoms with Gasteiger partial charge in [0.1, 0.15) is 0 Å². The highest BCUT2D eigenvalue weighted by molar-refractivity contribution is 5.68. The molecule has 0 atom stereocenters. The van der Waals surface area contributed by atoms with Crippen molar-refractivity contribution in [3.8, 4) is 0 Å². The molecule has 5 heteroatoms. The highest BCUT2D eigenvalue weighted by Crippen LogP contribution is 2.34. The van der Waals surface area contributed by atoms with Crippen molar-refractivity contribution >= 4 is 5.57 Å². The number of halogens is 3. The summed E-state index contributed by atoms with van der Waals surface area (Å²) in [7, 11) is 0. The second-order valence-corrected chi connectivity index (χ2v) is 4.67. The molecule has 0 bridgehead atoms. The molecule has 0 amide bonds. The summed E-state index contributed by atoms with van der Waals surface area (Å²) in [6, 6.07) is 5.63. The molecule has 0 aromatic heterocycles. The Bertz CT molecular complexity index is 448. The molecule has 0 radical (unpaired) electrons. The van der Waals surface area contributed by atoms with Gasteiger partial charge in [-0.05, 0) is 17.2 Å². The lowest BCUT2D eigenvalue weighted by atomic mass is 10.00. The van der Waals surface area contributed by atoms with E-state index in [1.807, 2.05) is 0 Å². The van der Waals surface area contributed by atoms with E-state index in [0.717, 1.165) is 32.2 Å². The van der Waals surface area contributed by atoms with E-state index in [1.165, 1.54) is 12.1 Å². The fraction of sp³-hybridized carbons (Fsp3) is 0.429. The van der Waals surface area contributed by atoms with E-state index in [-0.39, 0.29) is 5.56 Å². The first-order valence-corrected chi connectivity index (χ1v) is 6.26. The summed E-state index contributed by atoms with van der Waals surface area (Å²) in [5.74, 6) is 0. The minimum absolute atomic E-state index is 0.202. The number of hydrogen-bond acceptors (Lipinski definition) is 2. The summed E-state index contributed by atoms with van der Waals surface area (Å²) in [4.78, 5) is 2.12. The molecule has 1 saturated heterocycles. The van der Waals surface area contributed by atoms with Gasteiger partial charge in [0.2, 0.25) is 0 Å². The predicted octanol–water partition coefficient (Wildman–Crippen LogP) is 2.62. The molecule has 2 rings (SSSR count). The summed E-state index contributed by atoms with van der Waals surface area (Å²) in [5.41, 5.74) is 0.124. The van der Waals surface area contributed by atoms with E-state index < -0.39 is 11.7 Å². The predicted molar refractivity (Wildman–Crippen MR) is 69.8 cm³/mol. The number of hydrogen-bond donors (Lipinski definition) is 1. The maximum Gasteiger partial charge on any atom is 0.416 e. The quantitative estimate of drug-likeness (QED) is 0.908. The van der Waals surface area contributed by atoms with Gasteiger partial charge >= 0.3 is 6.18 Å². The topological polar surface area (TPSA) is 15.3 Å². The monoisotopic (exact) mass is 270 g/mol. The number of piperazine rings is 1. The van der Waals surface area contributed by atoms with Crippen LogP contribution in [0.3, 0.4) is 0 Å². The Labute approximate surface area is 110 Å². The zero-order valence-electron chi connectivity index (χ0n) is 10.6. The normalized spacial score (nSPS) is 17.4. The van der Waals surface area contributed by atoms with Crippen LogP contribution in [0.25, 0.3) is 5.57 Å². The van der Waals surface area contributed by atoms with Crippen molar-refractivity contribution < 1.29 is 13.2 Å². The lowest BCUT2D eigenvalue weighted by Crippen LogP contribution is -2.43. The molecular formula is C14H17F3N2. The molecule has 1 aromatic rings. The zero-order chi connectivity index (χ0) is 13.9. The summed E-state index contributed by atoms with van der Waals surface area (Å²) >= 11 is 0. The van der Waals surface area contributed by atoms with Crippen molar-refractivity contribution in [1.82, 2.24) is 10.2 Å². The summed E-state index contributed by atoms with van der Waals surface area (Å²) in [5, 5.41) is 3.21. The molecule has 1 aromatic carbocycles. The third-order valence-corrected chi connectivity index (χ3v) is 3.24. The fourth-order valence-electron chi connectivity index (χ4n) is 2.26. The number of nitrogens with zero attached hydrogens (tertiary/aromatic N) is 1. The smallest absolute Gasteiger partial charge is 0.314 e. The third-order valence-electron chi connectivity index (χ3n) is 3.24. The molecule has 19 heavy (non-hydrogen) atoms. The van der Waals surface area contributed by atoms with Crippen LogP contribution in [-0.4, -0.2) is 37.6 Å². The summed E-state index contributed by atoms with van der Waals surface area (Å²) in [6.07, 6.45) is -4.33. The zero-order valence-corrected chi connectivity index (χ0v) is 10.6. The lowest BCUT2D eigenvalue weighted by Gasteiger charge is -2.28. The number of benzene rings is 1. The van der Waals surface area contributed by atoms with Crippen LogP contribution in [0.2, 0.25) is 0 Å². The summed E-state index contributed by atoms with van der Waals surface area (Å²) in [6.45, 7) is 7.73. The first-order valence-electron chi connectivity index (χ1n) is 6.26. The van der Waals surface area contributed by atoms with E-state index in [0.29, 0.717) is 12.1 Å². The Kier molecular flexibility index (Phi) is 4.27. The van der Waals surface area contributed by atoms with Gasteiger partial charge in [0.25, 0.3) is 0 Å². The van der Waals surface area contributed by atoms with Crippen molar-refractivity contribution in [2.45, 2.75) is 6.18 Å².